The van der Waals surface area contributed by atoms with Crippen LogP contribution < -0.4 is 0 Å². The second kappa shape index (κ2) is 3.26. The van der Waals surface area contributed by atoms with E-state index in [9.17, 15) is 0 Å². The number of halogens is 1. The molecule has 5 heteroatoms. The Bertz CT molecular complexity index is 410. The van der Waals surface area contributed by atoms with Gasteiger partial charge >= 0.3 is 0 Å². The van der Waals surface area contributed by atoms with Crippen molar-refractivity contribution in [1.29, 1.82) is 0 Å². The van der Waals surface area contributed by atoms with Crippen molar-refractivity contribution in [2.45, 2.75) is 6.92 Å². The highest BCUT2D eigenvalue weighted by Gasteiger charge is 2.03. The third-order valence-electron chi connectivity index (χ3n) is 1.83. The summed E-state index contributed by atoms with van der Waals surface area (Å²) in [6.07, 6.45) is 1.58. The summed E-state index contributed by atoms with van der Waals surface area (Å²) in [5.41, 5.74) is 2.11. The molecule has 0 bridgehead atoms. The van der Waals surface area contributed by atoms with Gasteiger partial charge in [0.25, 0.3) is 0 Å². The molecule has 0 amide bonds. The van der Waals surface area contributed by atoms with Crippen LogP contribution in [0.25, 0.3) is 5.69 Å². The van der Waals surface area contributed by atoms with Crippen molar-refractivity contribution in [2.24, 2.45) is 0 Å². The molecule has 0 radical (unpaired) electrons. The Morgan fingerprint density at radius 2 is 2.23 bits per heavy atom. The summed E-state index contributed by atoms with van der Waals surface area (Å²) < 4.78 is 2.70. The molecule has 0 saturated heterocycles. The molecule has 2 rings (SSSR count). The fraction of sp³-hybridized carbons (Fsp3) is 0.125. The first-order chi connectivity index (χ1) is 6.29. The Morgan fingerprint density at radius 3 is 2.92 bits per heavy atom. The van der Waals surface area contributed by atoms with Crippen molar-refractivity contribution in [3.05, 3.63) is 34.6 Å². The molecule has 1 aromatic heterocycles. The van der Waals surface area contributed by atoms with E-state index in [0.717, 1.165) is 15.7 Å². The fourth-order valence-electron chi connectivity index (χ4n) is 1.12. The van der Waals surface area contributed by atoms with Crippen molar-refractivity contribution in [1.82, 2.24) is 20.2 Å². The largest absolute Gasteiger partial charge is 0.200 e. The van der Waals surface area contributed by atoms with Gasteiger partial charge in [-0.3, -0.25) is 0 Å². The minimum atomic E-state index is 0.986. The van der Waals surface area contributed by atoms with E-state index in [1.807, 2.05) is 25.1 Å². The van der Waals surface area contributed by atoms with Crippen LogP contribution in [0, 0.1) is 6.92 Å². The monoisotopic (exact) mass is 238 g/mol. The quantitative estimate of drug-likeness (QED) is 0.761. The fourth-order valence-corrected chi connectivity index (χ4v) is 1.47. The summed E-state index contributed by atoms with van der Waals surface area (Å²) in [5, 5.41) is 11.0. The molecular weight excluding hydrogens is 232 g/mol. The normalized spacial score (nSPS) is 10.3. The van der Waals surface area contributed by atoms with E-state index in [2.05, 4.69) is 31.5 Å². The molecule has 1 aromatic carbocycles. The molecule has 4 nitrogen and oxygen atoms in total. The molecule has 13 heavy (non-hydrogen) atoms. The highest BCUT2D eigenvalue weighted by molar-refractivity contribution is 9.10. The summed E-state index contributed by atoms with van der Waals surface area (Å²) >= 11 is 3.45. The average Bonchev–Trinajstić information content (AvgIpc) is 2.62. The molecule has 1 heterocycles. The van der Waals surface area contributed by atoms with Gasteiger partial charge in [0.2, 0.25) is 0 Å². The first-order valence-corrected chi connectivity index (χ1v) is 4.57. The maximum Gasteiger partial charge on any atom is 0.143 e. The molecule has 0 atom stereocenters. The van der Waals surface area contributed by atoms with Gasteiger partial charge in [0.05, 0.1) is 5.69 Å². The van der Waals surface area contributed by atoms with Crippen LogP contribution >= 0.6 is 15.9 Å². The lowest BCUT2D eigenvalue weighted by Gasteiger charge is -2.04. The second-order valence-electron chi connectivity index (χ2n) is 2.64. The highest BCUT2D eigenvalue weighted by Crippen LogP contribution is 2.21. The van der Waals surface area contributed by atoms with E-state index in [4.69, 9.17) is 0 Å². The zero-order chi connectivity index (χ0) is 9.26. The van der Waals surface area contributed by atoms with E-state index in [0.29, 0.717) is 0 Å². The lowest BCUT2D eigenvalue weighted by molar-refractivity contribution is 0.785. The summed E-state index contributed by atoms with van der Waals surface area (Å²) in [6.45, 7) is 2.01. The number of aromatic nitrogens is 4. The minimum Gasteiger partial charge on any atom is -0.200 e. The van der Waals surface area contributed by atoms with Gasteiger partial charge in [0.15, 0.2) is 0 Å². The van der Waals surface area contributed by atoms with Crippen molar-refractivity contribution in [2.75, 3.05) is 0 Å². The molecule has 0 N–H and O–H groups in total. The number of rotatable bonds is 1. The molecule has 0 aliphatic carbocycles. The number of benzene rings is 1. The van der Waals surface area contributed by atoms with Crippen molar-refractivity contribution in [3.63, 3.8) is 0 Å². The van der Waals surface area contributed by atoms with Crippen molar-refractivity contribution in [3.8, 4) is 5.69 Å². The van der Waals surface area contributed by atoms with Crippen LogP contribution in [0.2, 0.25) is 0 Å². The van der Waals surface area contributed by atoms with Crippen LogP contribution in [0.1, 0.15) is 5.56 Å². The molecule has 0 fully saturated rings. The first-order valence-electron chi connectivity index (χ1n) is 3.77. The zero-order valence-electron chi connectivity index (χ0n) is 6.98. The van der Waals surface area contributed by atoms with Crippen molar-refractivity contribution >= 4 is 15.9 Å². The Hall–Kier alpha value is -1.23. The second-order valence-corrected chi connectivity index (χ2v) is 3.49. The van der Waals surface area contributed by atoms with Gasteiger partial charge in [-0.2, -0.15) is 0 Å². The van der Waals surface area contributed by atoms with Crippen LogP contribution in [0.5, 0.6) is 0 Å². The summed E-state index contributed by atoms with van der Waals surface area (Å²) in [7, 11) is 0. The lowest BCUT2D eigenvalue weighted by Crippen LogP contribution is -1.98. The molecule has 0 spiro atoms. The summed E-state index contributed by atoms with van der Waals surface area (Å²) in [5.74, 6) is 0. The Kier molecular flexibility index (Phi) is 2.10. The van der Waals surface area contributed by atoms with E-state index in [1.165, 1.54) is 0 Å². The molecule has 0 aliphatic heterocycles. The SMILES string of the molecule is Cc1c(Br)cccc1-n1cnnn1. The van der Waals surface area contributed by atoms with Crippen molar-refractivity contribution < 1.29 is 0 Å². The van der Waals surface area contributed by atoms with E-state index in [-0.39, 0.29) is 0 Å². The number of hydrogen-bond acceptors (Lipinski definition) is 3. The molecule has 0 unspecified atom stereocenters. The van der Waals surface area contributed by atoms with Gasteiger partial charge in [0.1, 0.15) is 6.33 Å². The number of tetrazole rings is 1. The van der Waals surface area contributed by atoms with E-state index >= 15 is 0 Å². The molecular formula is C8H7BrN4. The third-order valence-corrected chi connectivity index (χ3v) is 2.69. The third kappa shape index (κ3) is 1.47. The van der Waals surface area contributed by atoms with Crippen LogP contribution in [-0.2, 0) is 0 Å². The van der Waals surface area contributed by atoms with Gasteiger partial charge in [-0.1, -0.05) is 22.0 Å². The maximum atomic E-state index is 3.82. The van der Waals surface area contributed by atoms with Gasteiger partial charge in [-0.15, -0.1) is 5.10 Å². The van der Waals surface area contributed by atoms with Gasteiger partial charge in [0, 0.05) is 4.47 Å². The highest BCUT2D eigenvalue weighted by atomic mass is 79.9. The summed E-state index contributed by atoms with van der Waals surface area (Å²) in [6, 6.07) is 5.91. The van der Waals surface area contributed by atoms with E-state index < -0.39 is 0 Å². The average molecular weight is 239 g/mol. The Labute approximate surface area is 83.7 Å². The van der Waals surface area contributed by atoms with Crippen LogP contribution in [-0.4, -0.2) is 20.2 Å². The predicted octanol–water partition coefficient (Wildman–Crippen LogP) is 1.73. The predicted molar refractivity (Wildman–Crippen MR) is 51.6 cm³/mol. The van der Waals surface area contributed by atoms with Gasteiger partial charge in [-0.25, -0.2) is 4.68 Å². The van der Waals surface area contributed by atoms with Gasteiger partial charge < -0.3 is 0 Å². The Morgan fingerprint density at radius 1 is 1.38 bits per heavy atom. The Balaban J connectivity index is 2.59. The first kappa shape index (κ1) is 8.37. The molecule has 2 aromatic rings. The van der Waals surface area contributed by atoms with Gasteiger partial charge in [-0.05, 0) is 35.0 Å². The topological polar surface area (TPSA) is 43.6 Å². The summed E-state index contributed by atoms with van der Waals surface area (Å²) in [4.78, 5) is 0. The smallest absolute Gasteiger partial charge is 0.143 e. The van der Waals surface area contributed by atoms with Crippen LogP contribution in [0.3, 0.4) is 0 Å². The maximum absolute atomic E-state index is 3.82. The molecule has 0 saturated carbocycles. The van der Waals surface area contributed by atoms with Crippen LogP contribution in [0.4, 0.5) is 0 Å². The minimum absolute atomic E-state index is 0.986. The lowest BCUT2D eigenvalue weighted by atomic mass is 10.2. The van der Waals surface area contributed by atoms with E-state index in [1.54, 1.807) is 11.0 Å². The standard InChI is InChI=1S/C8H7BrN4/c1-6-7(9)3-2-4-8(6)13-5-10-11-12-13/h2-5H,1H3. The molecule has 0 aliphatic rings. The molecule has 66 valence electrons. The van der Waals surface area contributed by atoms with Crippen LogP contribution in [0.15, 0.2) is 29.0 Å². The number of nitrogens with zero attached hydrogens (tertiary/aromatic N) is 4. The number of hydrogen-bond donors (Lipinski definition) is 0. The zero-order valence-corrected chi connectivity index (χ0v) is 8.56.